The molecule has 1 saturated carbocycles. The summed E-state index contributed by atoms with van der Waals surface area (Å²) in [5, 5.41) is 3.82. The maximum atomic E-state index is 3.82. The molecule has 104 valence electrons. The molecule has 0 aromatic heterocycles. The fraction of sp³-hybridized carbons (Fsp3) is 0.625. The van der Waals surface area contributed by atoms with Crippen LogP contribution in [0.1, 0.15) is 38.2 Å². The van der Waals surface area contributed by atoms with Crippen molar-refractivity contribution in [3.63, 3.8) is 0 Å². The third-order valence-electron chi connectivity index (χ3n) is 4.75. The molecule has 1 aromatic rings. The molecule has 1 N–H and O–H groups in total. The lowest BCUT2D eigenvalue weighted by atomic mass is 9.92. The Morgan fingerprint density at radius 1 is 1.32 bits per heavy atom. The third-order valence-corrected chi connectivity index (χ3v) is 5.39. The van der Waals surface area contributed by atoms with Gasteiger partial charge in [0.1, 0.15) is 0 Å². The summed E-state index contributed by atoms with van der Waals surface area (Å²) < 4.78 is 1.23. The van der Waals surface area contributed by atoms with Crippen LogP contribution in [0.15, 0.2) is 22.7 Å². The van der Waals surface area contributed by atoms with Gasteiger partial charge in [0, 0.05) is 29.1 Å². The molecule has 3 heteroatoms. The molecule has 2 nitrogen and oxygen atoms in total. The number of benzene rings is 1. The smallest absolute Gasteiger partial charge is 0.0514 e. The minimum atomic E-state index is 0.372. The van der Waals surface area contributed by atoms with Gasteiger partial charge in [0.25, 0.3) is 0 Å². The molecule has 3 rings (SSSR count). The van der Waals surface area contributed by atoms with Crippen LogP contribution in [0.5, 0.6) is 0 Å². The Balaban J connectivity index is 1.89. The van der Waals surface area contributed by atoms with Crippen LogP contribution in [0.2, 0.25) is 0 Å². The zero-order valence-corrected chi connectivity index (χ0v) is 13.5. The van der Waals surface area contributed by atoms with E-state index in [0.717, 1.165) is 13.1 Å². The highest BCUT2D eigenvalue weighted by Crippen LogP contribution is 2.37. The van der Waals surface area contributed by atoms with Gasteiger partial charge in [-0.05, 0) is 60.3 Å². The molecule has 1 atom stereocenters. The van der Waals surface area contributed by atoms with E-state index in [1.807, 2.05) is 0 Å². The molecule has 2 aliphatic rings. The summed E-state index contributed by atoms with van der Waals surface area (Å²) in [5.41, 5.74) is 3.04. The van der Waals surface area contributed by atoms with Crippen LogP contribution in [0.4, 0.5) is 5.69 Å². The second kappa shape index (κ2) is 5.10. The molecule has 1 aliphatic heterocycles. The zero-order chi connectivity index (χ0) is 13.5. The van der Waals surface area contributed by atoms with Gasteiger partial charge < -0.3 is 10.2 Å². The summed E-state index contributed by atoms with van der Waals surface area (Å²) in [6, 6.07) is 7.27. The molecular weight excluding hydrogens is 300 g/mol. The Labute approximate surface area is 124 Å². The van der Waals surface area contributed by atoms with E-state index in [-0.39, 0.29) is 0 Å². The highest BCUT2D eigenvalue weighted by Gasteiger charge is 2.40. The maximum Gasteiger partial charge on any atom is 0.0514 e. The third kappa shape index (κ3) is 2.55. The molecule has 1 aliphatic carbocycles. The summed E-state index contributed by atoms with van der Waals surface area (Å²) in [7, 11) is 0. The highest BCUT2D eigenvalue weighted by atomic mass is 79.9. The minimum absolute atomic E-state index is 0.372. The first-order chi connectivity index (χ1) is 9.10. The number of halogens is 1. The van der Waals surface area contributed by atoms with Crippen molar-refractivity contribution in [2.75, 3.05) is 18.0 Å². The summed E-state index contributed by atoms with van der Waals surface area (Å²) in [6.45, 7) is 6.71. The molecule has 0 bridgehead atoms. The zero-order valence-electron chi connectivity index (χ0n) is 11.9. The van der Waals surface area contributed by atoms with Gasteiger partial charge in [-0.3, -0.25) is 0 Å². The Morgan fingerprint density at radius 2 is 2.05 bits per heavy atom. The molecule has 1 saturated heterocycles. The van der Waals surface area contributed by atoms with E-state index in [9.17, 15) is 0 Å². The summed E-state index contributed by atoms with van der Waals surface area (Å²) >= 11 is 3.75. The molecule has 0 radical (unpaired) electrons. The van der Waals surface area contributed by atoms with Gasteiger partial charge in [-0.2, -0.15) is 0 Å². The second-order valence-corrected chi connectivity index (χ2v) is 7.15. The fourth-order valence-electron chi connectivity index (χ4n) is 3.57. The highest BCUT2D eigenvalue weighted by molar-refractivity contribution is 9.10. The van der Waals surface area contributed by atoms with E-state index in [1.165, 1.54) is 41.4 Å². The van der Waals surface area contributed by atoms with Crippen LogP contribution in [0.3, 0.4) is 0 Å². The van der Waals surface area contributed by atoms with Gasteiger partial charge in [0.05, 0.1) is 5.69 Å². The van der Waals surface area contributed by atoms with E-state index < -0.39 is 0 Å². The van der Waals surface area contributed by atoms with E-state index in [4.69, 9.17) is 0 Å². The van der Waals surface area contributed by atoms with Crippen molar-refractivity contribution in [3.05, 3.63) is 28.2 Å². The first-order valence-corrected chi connectivity index (χ1v) is 8.17. The van der Waals surface area contributed by atoms with Crippen LogP contribution >= 0.6 is 15.9 Å². The number of piperazine rings is 1. The quantitative estimate of drug-likeness (QED) is 0.844. The van der Waals surface area contributed by atoms with Crippen molar-refractivity contribution >= 4 is 21.6 Å². The first-order valence-electron chi connectivity index (χ1n) is 7.37. The number of rotatable bonds is 1. The normalized spacial score (nSPS) is 26.1. The monoisotopic (exact) mass is 322 g/mol. The number of nitrogens with zero attached hydrogens (tertiary/aromatic N) is 1. The fourth-order valence-corrected chi connectivity index (χ4v) is 4.29. The second-order valence-electron chi connectivity index (χ2n) is 6.30. The van der Waals surface area contributed by atoms with Crippen LogP contribution in [-0.2, 0) is 0 Å². The number of nitrogens with one attached hydrogen (secondary N) is 1. The van der Waals surface area contributed by atoms with Gasteiger partial charge in [-0.1, -0.05) is 18.9 Å². The Hall–Kier alpha value is -0.540. The summed E-state index contributed by atoms with van der Waals surface area (Å²) in [6.07, 6.45) is 5.42. The molecule has 1 aromatic carbocycles. The Bertz CT molecular complexity index is 466. The average molecular weight is 323 g/mol. The number of hydrogen-bond acceptors (Lipinski definition) is 2. The Morgan fingerprint density at radius 3 is 2.74 bits per heavy atom. The van der Waals surface area contributed by atoms with Crippen molar-refractivity contribution in [3.8, 4) is 0 Å². The first kappa shape index (κ1) is 13.4. The van der Waals surface area contributed by atoms with E-state index in [2.05, 4.69) is 58.2 Å². The van der Waals surface area contributed by atoms with Crippen molar-refractivity contribution in [1.82, 2.24) is 5.32 Å². The SMILES string of the molecule is Cc1ccc(N2CC3(CCCC3)NCC2C)c(Br)c1. The predicted octanol–water partition coefficient (Wildman–Crippen LogP) is 3.87. The number of anilines is 1. The molecule has 1 heterocycles. The predicted molar refractivity (Wildman–Crippen MR) is 84.9 cm³/mol. The van der Waals surface area contributed by atoms with Crippen molar-refractivity contribution < 1.29 is 0 Å². The lowest BCUT2D eigenvalue weighted by molar-refractivity contribution is 0.276. The molecule has 2 fully saturated rings. The standard InChI is InChI=1S/C16H23BrN2/c1-12-5-6-15(14(17)9-12)19-11-16(7-3-4-8-16)18-10-13(19)2/h5-6,9,13,18H,3-4,7-8,10-11H2,1-2H3. The number of aryl methyl sites for hydroxylation is 1. The molecule has 19 heavy (non-hydrogen) atoms. The Kier molecular flexibility index (Phi) is 3.61. The maximum absolute atomic E-state index is 3.82. The molecule has 1 unspecified atom stereocenters. The van der Waals surface area contributed by atoms with E-state index in [0.29, 0.717) is 11.6 Å². The van der Waals surface area contributed by atoms with Gasteiger partial charge in [0.15, 0.2) is 0 Å². The van der Waals surface area contributed by atoms with Crippen LogP contribution in [-0.4, -0.2) is 24.7 Å². The average Bonchev–Trinajstić information content (AvgIpc) is 2.82. The number of hydrogen-bond donors (Lipinski definition) is 1. The van der Waals surface area contributed by atoms with Crippen molar-refractivity contribution in [2.45, 2.75) is 51.1 Å². The largest absolute Gasteiger partial charge is 0.365 e. The molecular formula is C16H23BrN2. The van der Waals surface area contributed by atoms with E-state index >= 15 is 0 Å². The lowest BCUT2D eigenvalue weighted by Crippen LogP contribution is -2.62. The van der Waals surface area contributed by atoms with Crippen LogP contribution in [0.25, 0.3) is 0 Å². The summed E-state index contributed by atoms with van der Waals surface area (Å²) in [4.78, 5) is 2.59. The van der Waals surface area contributed by atoms with Crippen LogP contribution < -0.4 is 10.2 Å². The molecule has 0 amide bonds. The van der Waals surface area contributed by atoms with Gasteiger partial charge >= 0.3 is 0 Å². The van der Waals surface area contributed by atoms with Crippen LogP contribution in [0, 0.1) is 6.92 Å². The molecule has 1 spiro atoms. The van der Waals surface area contributed by atoms with Gasteiger partial charge in [0.2, 0.25) is 0 Å². The van der Waals surface area contributed by atoms with Crippen molar-refractivity contribution in [2.24, 2.45) is 0 Å². The topological polar surface area (TPSA) is 15.3 Å². The van der Waals surface area contributed by atoms with Crippen molar-refractivity contribution in [1.29, 1.82) is 0 Å². The van der Waals surface area contributed by atoms with Gasteiger partial charge in [-0.15, -0.1) is 0 Å². The summed E-state index contributed by atoms with van der Waals surface area (Å²) in [5.74, 6) is 0. The van der Waals surface area contributed by atoms with Gasteiger partial charge in [-0.25, -0.2) is 0 Å². The van der Waals surface area contributed by atoms with E-state index in [1.54, 1.807) is 0 Å². The lowest BCUT2D eigenvalue weighted by Gasteiger charge is -2.46. The minimum Gasteiger partial charge on any atom is -0.365 e.